The van der Waals surface area contributed by atoms with Crippen LogP contribution in [-0.2, 0) is 10.0 Å². The van der Waals surface area contributed by atoms with Gasteiger partial charge in [-0.25, -0.2) is 17.2 Å². The van der Waals surface area contributed by atoms with Crippen LogP contribution in [0.3, 0.4) is 0 Å². The average Bonchev–Trinajstić information content (AvgIpc) is 2.41. The predicted octanol–water partition coefficient (Wildman–Crippen LogP) is 1.34. The standard InChI is InChI=1S/C12H16F2N2O2S/c1-16(9-4-6-15-7-5-9)19(17,18)10-2-3-11(13)12(14)8-10/h2-3,8-9,15H,4-7H2,1H3. The summed E-state index contributed by atoms with van der Waals surface area (Å²) in [6, 6.07) is 2.53. The molecule has 1 aliphatic heterocycles. The zero-order chi connectivity index (χ0) is 14.0. The molecule has 0 spiro atoms. The normalized spacial score (nSPS) is 17.9. The molecule has 0 radical (unpaired) electrons. The number of benzene rings is 1. The average molecular weight is 290 g/mol. The highest BCUT2D eigenvalue weighted by Crippen LogP contribution is 2.22. The third kappa shape index (κ3) is 2.93. The summed E-state index contributed by atoms with van der Waals surface area (Å²) in [7, 11) is -2.30. The summed E-state index contributed by atoms with van der Waals surface area (Å²) in [6.07, 6.45) is 1.42. The van der Waals surface area contributed by atoms with Gasteiger partial charge in [-0.1, -0.05) is 0 Å². The summed E-state index contributed by atoms with van der Waals surface area (Å²) in [5, 5.41) is 3.15. The summed E-state index contributed by atoms with van der Waals surface area (Å²) in [6.45, 7) is 1.50. The first-order valence-electron chi connectivity index (χ1n) is 6.07. The van der Waals surface area contributed by atoms with E-state index in [1.807, 2.05) is 0 Å². The molecule has 1 heterocycles. The van der Waals surface area contributed by atoms with E-state index in [1.54, 1.807) is 0 Å². The van der Waals surface area contributed by atoms with Crippen LogP contribution in [0.1, 0.15) is 12.8 Å². The van der Waals surface area contributed by atoms with Gasteiger partial charge in [0.2, 0.25) is 10.0 Å². The summed E-state index contributed by atoms with van der Waals surface area (Å²) < 4.78 is 51.9. The minimum absolute atomic E-state index is 0.112. The lowest BCUT2D eigenvalue weighted by atomic mass is 10.1. The second kappa shape index (κ2) is 5.52. The number of hydrogen-bond acceptors (Lipinski definition) is 3. The quantitative estimate of drug-likeness (QED) is 0.914. The van der Waals surface area contributed by atoms with Crippen molar-refractivity contribution >= 4 is 10.0 Å². The first-order valence-corrected chi connectivity index (χ1v) is 7.51. The van der Waals surface area contributed by atoms with Gasteiger partial charge in [0.15, 0.2) is 11.6 Å². The fourth-order valence-corrected chi connectivity index (χ4v) is 3.60. The van der Waals surface area contributed by atoms with Crippen molar-refractivity contribution in [3.8, 4) is 0 Å². The molecule has 0 unspecified atom stereocenters. The Morgan fingerprint density at radius 3 is 2.42 bits per heavy atom. The number of piperidine rings is 1. The SMILES string of the molecule is CN(C1CCNCC1)S(=O)(=O)c1ccc(F)c(F)c1. The minimum atomic E-state index is -3.78. The van der Waals surface area contributed by atoms with Crippen molar-refractivity contribution in [1.29, 1.82) is 0 Å². The zero-order valence-corrected chi connectivity index (χ0v) is 11.4. The van der Waals surface area contributed by atoms with Crippen LogP contribution >= 0.6 is 0 Å². The van der Waals surface area contributed by atoms with E-state index < -0.39 is 21.7 Å². The second-order valence-corrected chi connectivity index (χ2v) is 6.58. The van der Waals surface area contributed by atoms with Crippen LogP contribution in [0.25, 0.3) is 0 Å². The molecule has 1 fully saturated rings. The number of halogens is 2. The van der Waals surface area contributed by atoms with E-state index in [-0.39, 0.29) is 10.9 Å². The highest BCUT2D eigenvalue weighted by atomic mass is 32.2. The molecule has 1 aliphatic rings. The number of rotatable bonds is 3. The Hall–Kier alpha value is -1.05. The van der Waals surface area contributed by atoms with Gasteiger partial charge in [0.05, 0.1) is 4.90 Å². The number of sulfonamides is 1. The molecule has 0 aliphatic carbocycles. The van der Waals surface area contributed by atoms with Crippen LogP contribution in [0.15, 0.2) is 23.1 Å². The molecule has 1 aromatic rings. The number of nitrogens with zero attached hydrogens (tertiary/aromatic N) is 1. The minimum Gasteiger partial charge on any atom is -0.317 e. The van der Waals surface area contributed by atoms with Gasteiger partial charge in [-0.15, -0.1) is 0 Å². The largest absolute Gasteiger partial charge is 0.317 e. The monoisotopic (exact) mass is 290 g/mol. The lowest BCUT2D eigenvalue weighted by molar-refractivity contribution is 0.296. The third-order valence-electron chi connectivity index (χ3n) is 3.39. The first kappa shape index (κ1) is 14.4. The molecule has 7 heteroatoms. The predicted molar refractivity (Wildman–Crippen MR) is 67.2 cm³/mol. The van der Waals surface area contributed by atoms with Crippen molar-refractivity contribution < 1.29 is 17.2 Å². The fraction of sp³-hybridized carbons (Fsp3) is 0.500. The van der Waals surface area contributed by atoms with Crippen LogP contribution in [0, 0.1) is 11.6 Å². The van der Waals surface area contributed by atoms with E-state index in [9.17, 15) is 17.2 Å². The Labute approximate surface area is 111 Å². The molecule has 1 aromatic carbocycles. The molecular formula is C12H16F2N2O2S. The van der Waals surface area contributed by atoms with E-state index in [2.05, 4.69) is 5.32 Å². The van der Waals surface area contributed by atoms with Crippen molar-refractivity contribution in [3.63, 3.8) is 0 Å². The highest BCUT2D eigenvalue weighted by molar-refractivity contribution is 7.89. The second-order valence-electron chi connectivity index (χ2n) is 4.58. The van der Waals surface area contributed by atoms with Gasteiger partial charge in [0.1, 0.15) is 0 Å². The van der Waals surface area contributed by atoms with Crippen molar-refractivity contribution in [1.82, 2.24) is 9.62 Å². The Bertz CT molecular complexity index is 557. The molecule has 0 atom stereocenters. The smallest absolute Gasteiger partial charge is 0.243 e. The summed E-state index contributed by atoms with van der Waals surface area (Å²) in [5.74, 6) is -2.21. The van der Waals surface area contributed by atoms with E-state index >= 15 is 0 Å². The third-order valence-corrected chi connectivity index (χ3v) is 5.30. The van der Waals surface area contributed by atoms with E-state index in [1.165, 1.54) is 11.4 Å². The van der Waals surface area contributed by atoms with E-state index in [0.717, 1.165) is 31.3 Å². The number of hydrogen-bond donors (Lipinski definition) is 1. The van der Waals surface area contributed by atoms with Gasteiger partial charge in [0, 0.05) is 13.1 Å². The van der Waals surface area contributed by atoms with Crippen LogP contribution in [-0.4, -0.2) is 38.9 Å². The van der Waals surface area contributed by atoms with Crippen LogP contribution in [0.4, 0.5) is 8.78 Å². The molecule has 19 heavy (non-hydrogen) atoms. The molecular weight excluding hydrogens is 274 g/mol. The molecule has 4 nitrogen and oxygen atoms in total. The van der Waals surface area contributed by atoms with E-state index in [0.29, 0.717) is 12.8 Å². The molecule has 2 rings (SSSR count). The zero-order valence-electron chi connectivity index (χ0n) is 10.6. The Kier molecular flexibility index (Phi) is 4.17. The summed E-state index contributed by atoms with van der Waals surface area (Å²) in [5.41, 5.74) is 0. The van der Waals surface area contributed by atoms with Crippen LogP contribution in [0.2, 0.25) is 0 Å². The lowest BCUT2D eigenvalue weighted by Gasteiger charge is -2.30. The topological polar surface area (TPSA) is 49.4 Å². The molecule has 0 saturated carbocycles. The molecule has 1 saturated heterocycles. The first-order chi connectivity index (χ1) is 8.93. The van der Waals surface area contributed by atoms with Gasteiger partial charge in [-0.2, -0.15) is 4.31 Å². The van der Waals surface area contributed by atoms with Crippen molar-refractivity contribution in [3.05, 3.63) is 29.8 Å². The number of nitrogens with one attached hydrogen (secondary N) is 1. The molecule has 1 N–H and O–H groups in total. The van der Waals surface area contributed by atoms with Crippen LogP contribution in [0.5, 0.6) is 0 Å². The molecule has 106 valence electrons. The molecule has 0 amide bonds. The van der Waals surface area contributed by atoms with Gasteiger partial charge in [-0.05, 0) is 44.1 Å². The van der Waals surface area contributed by atoms with Gasteiger partial charge in [-0.3, -0.25) is 0 Å². The van der Waals surface area contributed by atoms with Crippen molar-refractivity contribution in [2.24, 2.45) is 0 Å². The molecule has 0 aromatic heterocycles. The Morgan fingerprint density at radius 2 is 1.84 bits per heavy atom. The fourth-order valence-electron chi connectivity index (χ4n) is 2.17. The van der Waals surface area contributed by atoms with Gasteiger partial charge < -0.3 is 5.32 Å². The highest BCUT2D eigenvalue weighted by Gasteiger charge is 2.29. The Balaban J connectivity index is 2.27. The maximum atomic E-state index is 13.1. The summed E-state index contributed by atoms with van der Waals surface area (Å²) >= 11 is 0. The molecule has 0 bridgehead atoms. The Morgan fingerprint density at radius 1 is 1.21 bits per heavy atom. The van der Waals surface area contributed by atoms with Crippen molar-refractivity contribution in [2.45, 2.75) is 23.8 Å². The lowest BCUT2D eigenvalue weighted by Crippen LogP contribution is -2.43. The van der Waals surface area contributed by atoms with Crippen molar-refractivity contribution in [2.75, 3.05) is 20.1 Å². The van der Waals surface area contributed by atoms with Gasteiger partial charge in [0.25, 0.3) is 0 Å². The van der Waals surface area contributed by atoms with Crippen LogP contribution < -0.4 is 5.32 Å². The van der Waals surface area contributed by atoms with E-state index in [4.69, 9.17) is 0 Å². The van der Waals surface area contributed by atoms with Gasteiger partial charge >= 0.3 is 0 Å². The maximum Gasteiger partial charge on any atom is 0.243 e. The maximum absolute atomic E-state index is 13.1. The summed E-state index contributed by atoms with van der Waals surface area (Å²) in [4.78, 5) is -0.215.